The highest BCUT2D eigenvalue weighted by atomic mass is 16.5. The first kappa shape index (κ1) is 8.05. The van der Waals surface area contributed by atoms with Gasteiger partial charge < -0.3 is 10.1 Å². The lowest BCUT2D eigenvalue weighted by Gasteiger charge is -2.22. The number of carbonyl (C=O) groups excluding carboxylic acids is 1. The smallest absolute Gasteiger partial charge is 0.302 e. The Morgan fingerprint density at radius 2 is 2.33 bits per heavy atom. The molecule has 12 heavy (non-hydrogen) atoms. The number of fused-ring (bicyclic) bond motifs is 2. The molecule has 0 aromatic carbocycles. The molecular weight excluding hydrogens is 154 g/mol. The van der Waals surface area contributed by atoms with Crippen LogP contribution in [0.3, 0.4) is 0 Å². The molecule has 2 bridgehead atoms. The van der Waals surface area contributed by atoms with E-state index < -0.39 is 0 Å². The predicted molar refractivity (Wildman–Crippen MR) is 44.7 cm³/mol. The summed E-state index contributed by atoms with van der Waals surface area (Å²) in [6, 6.07) is 1.04. The summed E-state index contributed by atoms with van der Waals surface area (Å²) in [6.45, 7) is 1.49. The molecule has 3 nitrogen and oxygen atoms in total. The maximum absolute atomic E-state index is 10.7. The average Bonchev–Trinajstić information content (AvgIpc) is 2.26. The number of piperidine rings is 1. The van der Waals surface area contributed by atoms with Crippen LogP contribution >= 0.6 is 0 Å². The average molecular weight is 169 g/mol. The third-order valence-corrected chi connectivity index (χ3v) is 2.80. The number of rotatable bonds is 1. The van der Waals surface area contributed by atoms with Crippen molar-refractivity contribution in [3.63, 3.8) is 0 Å². The van der Waals surface area contributed by atoms with E-state index in [-0.39, 0.29) is 12.1 Å². The number of hydrogen-bond donors (Lipinski definition) is 1. The van der Waals surface area contributed by atoms with Gasteiger partial charge in [-0.15, -0.1) is 0 Å². The fourth-order valence-corrected chi connectivity index (χ4v) is 2.32. The maximum atomic E-state index is 10.7. The van der Waals surface area contributed by atoms with Gasteiger partial charge in [0.15, 0.2) is 0 Å². The fourth-order valence-electron chi connectivity index (χ4n) is 2.32. The lowest BCUT2D eigenvalue weighted by Crippen LogP contribution is -2.38. The molecule has 1 N–H and O–H groups in total. The van der Waals surface area contributed by atoms with Gasteiger partial charge in [0.25, 0.3) is 0 Å². The van der Waals surface area contributed by atoms with Gasteiger partial charge in [0, 0.05) is 25.4 Å². The molecule has 0 aromatic rings. The largest absolute Gasteiger partial charge is 0.461 e. The van der Waals surface area contributed by atoms with Crippen molar-refractivity contribution in [2.75, 3.05) is 0 Å². The Kier molecular flexibility index (Phi) is 2.05. The molecule has 2 aliphatic rings. The molecule has 3 heteroatoms. The van der Waals surface area contributed by atoms with Gasteiger partial charge in [-0.2, -0.15) is 0 Å². The van der Waals surface area contributed by atoms with Crippen molar-refractivity contribution in [1.29, 1.82) is 0 Å². The topological polar surface area (TPSA) is 38.3 Å². The van der Waals surface area contributed by atoms with Crippen molar-refractivity contribution < 1.29 is 9.53 Å². The summed E-state index contributed by atoms with van der Waals surface area (Å²) in [4.78, 5) is 10.7. The molecule has 2 saturated heterocycles. The molecule has 0 saturated carbocycles. The number of ether oxygens (including phenoxy) is 1. The van der Waals surface area contributed by atoms with Crippen molar-refractivity contribution in [3.05, 3.63) is 0 Å². The van der Waals surface area contributed by atoms with Crippen molar-refractivity contribution in [2.24, 2.45) is 0 Å². The molecule has 0 amide bonds. The second-order valence-electron chi connectivity index (χ2n) is 3.78. The standard InChI is InChI=1S/C9H15NO2/c1-6(11)12-9-5-7-3-2-4-8(9)10-7/h7-10H,2-5H2,1H3/t7-,8+,9?/m1/s1. The Hall–Kier alpha value is -0.570. The summed E-state index contributed by atoms with van der Waals surface area (Å²) in [6.07, 6.45) is 4.85. The quantitative estimate of drug-likeness (QED) is 0.591. The zero-order valence-corrected chi connectivity index (χ0v) is 7.38. The van der Waals surface area contributed by atoms with Crippen molar-refractivity contribution in [2.45, 2.75) is 50.8 Å². The number of nitrogens with one attached hydrogen (secondary N) is 1. The molecular formula is C9H15NO2. The van der Waals surface area contributed by atoms with E-state index in [4.69, 9.17) is 4.74 Å². The van der Waals surface area contributed by atoms with Crippen molar-refractivity contribution in [3.8, 4) is 0 Å². The lowest BCUT2D eigenvalue weighted by atomic mass is 10.1. The molecule has 68 valence electrons. The molecule has 0 spiro atoms. The first-order chi connectivity index (χ1) is 5.75. The summed E-state index contributed by atoms with van der Waals surface area (Å²) in [5.41, 5.74) is 0. The van der Waals surface area contributed by atoms with E-state index in [1.807, 2.05) is 0 Å². The molecule has 0 aromatic heterocycles. The molecule has 1 unspecified atom stereocenters. The predicted octanol–water partition coefficient (Wildman–Crippen LogP) is 0.833. The minimum atomic E-state index is -0.144. The minimum Gasteiger partial charge on any atom is -0.461 e. The van der Waals surface area contributed by atoms with Gasteiger partial charge in [-0.1, -0.05) is 6.42 Å². The van der Waals surface area contributed by atoms with Crippen LogP contribution in [0.4, 0.5) is 0 Å². The molecule has 3 atom stereocenters. The van der Waals surface area contributed by atoms with Gasteiger partial charge in [-0.05, 0) is 12.8 Å². The van der Waals surface area contributed by atoms with Gasteiger partial charge >= 0.3 is 5.97 Å². The molecule has 0 radical (unpaired) electrons. The highest BCUT2D eigenvalue weighted by Gasteiger charge is 2.38. The van der Waals surface area contributed by atoms with Crippen LogP contribution in [0.2, 0.25) is 0 Å². The monoisotopic (exact) mass is 169 g/mol. The van der Waals surface area contributed by atoms with Crippen LogP contribution in [0.25, 0.3) is 0 Å². The first-order valence-electron chi connectivity index (χ1n) is 4.69. The van der Waals surface area contributed by atoms with Gasteiger partial charge in [0.1, 0.15) is 6.10 Å². The van der Waals surface area contributed by atoms with Crippen LogP contribution in [-0.2, 0) is 9.53 Å². The maximum Gasteiger partial charge on any atom is 0.302 e. The van der Waals surface area contributed by atoms with E-state index >= 15 is 0 Å². The molecule has 2 aliphatic heterocycles. The highest BCUT2D eigenvalue weighted by molar-refractivity contribution is 5.66. The zero-order valence-electron chi connectivity index (χ0n) is 7.38. The second-order valence-corrected chi connectivity index (χ2v) is 3.78. The summed E-state index contributed by atoms with van der Waals surface area (Å²) < 4.78 is 5.22. The Labute approximate surface area is 72.5 Å². The minimum absolute atomic E-state index is 0.144. The Morgan fingerprint density at radius 1 is 1.50 bits per heavy atom. The van der Waals surface area contributed by atoms with E-state index in [1.54, 1.807) is 0 Å². The molecule has 2 heterocycles. The normalized spacial score (nSPS) is 39.6. The number of esters is 1. The fraction of sp³-hybridized carbons (Fsp3) is 0.889. The van der Waals surface area contributed by atoms with E-state index in [2.05, 4.69) is 5.32 Å². The van der Waals surface area contributed by atoms with Crippen molar-refractivity contribution in [1.82, 2.24) is 5.32 Å². The summed E-state index contributed by atoms with van der Waals surface area (Å²) in [7, 11) is 0. The van der Waals surface area contributed by atoms with Gasteiger partial charge in [0.2, 0.25) is 0 Å². The molecule has 0 aliphatic carbocycles. The van der Waals surface area contributed by atoms with Gasteiger partial charge in [0.05, 0.1) is 0 Å². The summed E-state index contributed by atoms with van der Waals surface area (Å²) in [5, 5.41) is 3.47. The third kappa shape index (κ3) is 1.46. The zero-order chi connectivity index (χ0) is 8.55. The van der Waals surface area contributed by atoms with E-state index in [9.17, 15) is 4.79 Å². The molecule has 2 fully saturated rings. The van der Waals surface area contributed by atoms with Crippen LogP contribution in [0.15, 0.2) is 0 Å². The van der Waals surface area contributed by atoms with Gasteiger partial charge in [-0.25, -0.2) is 0 Å². The van der Waals surface area contributed by atoms with E-state index in [0.717, 1.165) is 12.8 Å². The van der Waals surface area contributed by atoms with E-state index in [1.165, 1.54) is 19.8 Å². The first-order valence-corrected chi connectivity index (χ1v) is 4.69. The van der Waals surface area contributed by atoms with Gasteiger partial charge in [-0.3, -0.25) is 4.79 Å². The third-order valence-electron chi connectivity index (χ3n) is 2.80. The van der Waals surface area contributed by atoms with Crippen LogP contribution in [0, 0.1) is 0 Å². The van der Waals surface area contributed by atoms with Crippen LogP contribution in [0.5, 0.6) is 0 Å². The summed E-state index contributed by atoms with van der Waals surface area (Å²) in [5.74, 6) is -0.144. The second kappa shape index (κ2) is 3.05. The van der Waals surface area contributed by atoms with Crippen LogP contribution in [0.1, 0.15) is 32.6 Å². The van der Waals surface area contributed by atoms with Crippen LogP contribution < -0.4 is 5.32 Å². The molecule has 2 rings (SSSR count). The number of hydrogen-bond acceptors (Lipinski definition) is 3. The number of carbonyl (C=O) groups is 1. The summed E-state index contributed by atoms with van der Waals surface area (Å²) >= 11 is 0. The highest BCUT2D eigenvalue weighted by Crippen LogP contribution is 2.28. The lowest BCUT2D eigenvalue weighted by molar-refractivity contribution is -0.146. The van der Waals surface area contributed by atoms with E-state index in [0.29, 0.717) is 12.1 Å². The Balaban J connectivity index is 1.95. The SMILES string of the molecule is CC(=O)OC1C[C@H]2CCC[C@@H]1N2. The Bertz CT molecular complexity index is 193. The van der Waals surface area contributed by atoms with Crippen LogP contribution in [-0.4, -0.2) is 24.2 Å². The van der Waals surface area contributed by atoms with Crippen molar-refractivity contribution >= 4 is 5.97 Å². The Morgan fingerprint density at radius 3 is 3.00 bits per heavy atom.